The number of hydrogen-bond acceptors (Lipinski definition) is 4. The first-order chi connectivity index (χ1) is 10.2. The van der Waals surface area contributed by atoms with E-state index in [0.717, 1.165) is 22.9 Å². The van der Waals surface area contributed by atoms with Gasteiger partial charge in [0.25, 0.3) is 0 Å². The monoisotopic (exact) mass is 297 g/mol. The van der Waals surface area contributed by atoms with Crippen molar-refractivity contribution in [3.05, 3.63) is 71.3 Å². The van der Waals surface area contributed by atoms with Gasteiger partial charge in [0, 0.05) is 0 Å². The number of hydrogen-bond donors (Lipinski definition) is 0. The second-order valence-corrected chi connectivity index (χ2v) is 5.56. The van der Waals surface area contributed by atoms with Gasteiger partial charge in [-0.25, -0.2) is 4.79 Å². The zero-order chi connectivity index (χ0) is 15.1. The zero-order valence-electron chi connectivity index (χ0n) is 11.7. The Bertz CT molecular complexity index is 632. The summed E-state index contributed by atoms with van der Waals surface area (Å²) in [5.41, 5.74) is 2.59. The van der Waals surface area contributed by atoms with Crippen LogP contribution in [0, 0.1) is 17.6 Å². The number of aryl methyl sites for hydroxylation is 1. The van der Waals surface area contributed by atoms with Gasteiger partial charge in [-0.1, -0.05) is 48.0 Å². The first kappa shape index (κ1) is 15.1. The highest BCUT2D eigenvalue weighted by Crippen LogP contribution is 2.28. The lowest BCUT2D eigenvalue weighted by atomic mass is 10.1. The van der Waals surface area contributed by atoms with E-state index < -0.39 is 0 Å². The third-order valence-corrected chi connectivity index (χ3v) is 3.82. The molecule has 0 aliphatic heterocycles. The number of benzene rings is 2. The lowest BCUT2D eigenvalue weighted by Gasteiger charge is -2.13. The Hall–Kier alpha value is -2.25. The van der Waals surface area contributed by atoms with Gasteiger partial charge >= 0.3 is 5.97 Å². The molecule has 0 saturated heterocycles. The van der Waals surface area contributed by atoms with Crippen LogP contribution in [0.1, 0.15) is 26.7 Å². The maximum Gasteiger partial charge on any atom is 0.338 e. The molecule has 0 spiro atoms. The van der Waals surface area contributed by atoms with Gasteiger partial charge in [0.05, 0.1) is 10.8 Å². The molecule has 4 heteroatoms. The normalized spacial score (nSPS) is 11.4. The van der Waals surface area contributed by atoms with Crippen molar-refractivity contribution in [3.63, 3.8) is 0 Å². The summed E-state index contributed by atoms with van der Waals surface area (Å²) in [6.45, 7) is 2.14. The van der Waals surface area contributed by atoms with E-state index in [2.05, 4.69) is 5.40 Å². The van der Waals surface area contributed by atoms with Crippen molar-refractivity contribution >= 4 is 17.7 Å². The summed E-state index contributed by atoms with van der Waals surface area (Å²) in [6, 6.07) is 16.8. The van der Waals surface area contributed by atoms with E-state index in [1.807, 2.05) is 49.4 Å². The summed E-state index contributed by atoms with van der Waals surface area (Å²) in [5, 5.41) is 10.8. The number of nitrogens with zero attached hydrogens (tertiary/aromatic N) is 1. The van der Waals surface area contributed by atoms with Crippen LogP contribution in [0.15, 0.2) is 54.6 Å². The number of nitriles is 1. The third kappa shape index (κ3) is 4.37. The predicted molar refractivity (Wildman–Crippen MR) is 83.8 cm³/mol. The highest BCUT2D eigenvalue weighted by atomic mass is 32.2. The summed E-state index contributed by atoms with van der Waals surface area (Å²) in [7, 11) is 0. The van der Waals surface area contributed by atoms with Crippen molar-refractivity contribution in [3.8, 4) is 5.40 Å². The average molecular weight is 297 g/mol. The molecule has 0 fully saturated rings. The van der Waals surface area contributed by atoms with Crippen molar-refractivity contribution in [2.45, 2.75) is 12.2 Å². The topological polar surface area (TPSA) is 50.1 Å². The molecular formula is C17H15NO2S. The van der Waals surface area contributed by atoms with Gasteiger partial charge in [-0.3, -0.25) is 0 Å². The van der Waals surface area contributed by atoms with Gasteiger partial charge < -0.3 is 4.74 Å². The van der Waals surface area contributed by atoms with Crippen LogP contribution in [0.4, 0.5) is 0 Å². The lowest BCUT2D eigenvalue weighted by Crippen LogP contribution is -2.11. The molecule has 0 aliphatic carbocycles. The molecule has 2 rings (SSSR count). The lowest BCUT2D eigenvalue weighted by molar-refractivity contribution is 0.0506. The number of carbonyl (C=O) groups excluding carboxylic acids is 1. The van der Waals surface area contributed by atoms with Gasteiger partial charge in [-0.05, 0) is 36.4 Å². The van der Waals surface area contributed by atoms with E-state index in [-0.39, 0.29) is 17.8 Å². The van der Waals surface area contributed by atoms with Crippen LogP contribution in [-0.4, -0.2) is 12.6 Å². The Morgan fingerprint density at radius 3 is 2.48 bits per heavy atom. The Labute approximate surface area is 128 Å². The van der Waals surface area contributed by atoms with E-state index in [1.165, 1.54) is 0 Å². The Kier molecular flexibility index (Phi) is 5.42. The molecule has 0 radical (unpaired) electrons. The van der Waals surface area contributed by atoms with Gasteiger partial charge in [0.1, 0.15) is 12.0 Å². The van der Waals surface area contributed by atoms with Crippen molar-refractivity contribution in [1.29, 1.82) is 5.26 Å². The fraction of sp³-hybridized carbons (Fsp3) is 0.176. The second kappa shape index (κ2) is 7.51. The van der Waals surface area contributed by atoms with Crippen LogP contribution in [0.25, 0.3) is 0 Å². The van der Waals surface area contributed by atoms with E-state index in [9.17, 15) is 4.79 Å². The summed E-state index contributed by atoms with van der Waals surface area (Å²) in [4.78, 5) is 12.0. The van der Waals surface area contributed by atoms with E-state index in [0.29, 0.717) is 5.56 Å². The van der Waals surface area contributed by atoms with E-state index in [4.69, 9.17) is 10.00 Å². The van der Waals surface area contributed by atoms with Crippen LogP contribution in [0.2, 0.25) is 0 Å². The zero-order valence-corrected chi connectivity index (χ0v) is 12.5. The van der Waals surface area contributed by atoms with Crippen LogP contribution in [-0.2, 0) is 4.74 Å². The maximum atomic E-state index is 12.0. The SMILES string of the molecule is Cc1ccc(C(=O)OC[C@@H](SC#N)c2ccccc2)cc1. The predicted octanol–water partition coefficient (Wildman–Crippen LogP) is 4.11. The molecule has 0 saturated carbocycles. The van der Waals surface area contributed by atoms with Crippen molar-refractivity contribution in [2.24, 2.45) is 0 Å². The summed E-state index contributed by atoms with van der Waals surface area (Å²) >= 11 is 1.10. The van der Waals surface area contributed by atoms with E-state index in [1.54, 1.807) is 12.1 Å². The first-order valence-electron chi connectivity index (χ1n) is 6.54. The number of carbonyl (C=O) groups is 1. The fourth-order valence-corrected chi connectivity index (χ4v) is 2.41. The quantitative estimate of drug-likeness (QED) is 0.615. The Morgan fingerprint density at radius 2 is 1.86 bits per heavy atom. The first-order valence-corrected chi connectivity index (χ1v) is 7.42. The van der Waals surface area contributed by atoms with Crippen molar-refractivity contribution < 1.29 is 9.53 Å². The molecular weight excluding hydrogens is 282 g/mol. The number of rotatable bonds is 5. The molecule has 0 bridgehead atoms. The smallest absolute Gasteiger partial charge is 0.338 e. The Balaban J connectivity index is 2.00. The van der Waals surface area contributed by atoms with Crippen LogP contribution in [0.5, 0.6) is 0 Å². The molecule has 0 aliphatic rings. The van der Waals surface area contributed by atoms with Gasteiger partial charge in [-0.15, -0.1) is 0 Å². The fourth-order valence-electron chi connectivity index (χ4n) is 1.85. The summed E-state index contributed by atoms with van der Waals surface area (Å²) < 4.78 is 5.33. The van der Waals surface area contributed by atoms with Crippen LogP contribution >= 0.6 is 11.8 Å². The van der Waals surface area contributed by atoms with Gasteiger partial charge in [0.15, 0.2) is 0 Å². The van der Waals surface area contributed by atoms with Crippen molar-refractivity contribution in [2.75, 3.05) is 6.61 Å². The minimum absolute atomic E-state index is 0.175. The van der Waals surface area contributed by atoms with Gasteiger partial charge in [0.2, 0.25) is 0 Å². The number of ether oxygens (including phenoxy) is 1. The second-order valence-electron chi connectivity index (χ2n) is 4.57. The molecule has 0 amide bonds. The molecule has 3 nitrogen and oxygen atoms in total. The molecule has 0 heterocycles. The van der Waals surface area contributed by atoms with Crippen LogP contribution < -0.4 is 0 Å². The van der Waals surface area contributed by atoms with Crippen LogP contribution in [0.3, 0.4) is 0 Å². The maximum absolute atomic E-state index is 12.0. The number of thioether (sulfide) groups is 1. The molecule has 2 aromatic rings. The minimum Gasteiger partial charge on any atom is -0.461 e. The molecule has 2 aromatic carbocycles. The molecule has 0 N–H and O–H groups in total. The number of esters is 1. The van der Waals surface area contributed by atoms with Gasteiger partial charge in [-0.2, -0.15) is 5.26 Å². The molecule has 1 atom stereocenters. The minimum atomic E-state index is -0.366. The van der Waals surface area contributed by atoms with E-state index >= 15 is 0 Å². The standard InChI is InChI=1S/C17H15NO2S/c1-13-7-9-15(10-8-13)17(19)20-11-16(21-12-18)14-5-3-2-4-6-14/h2-10,16H,11H2,1H3/t16-/m1/s1. The third-order valence-electron chi connectivity index (χ3n) is 3.02. The molecule has 0 unspecified atom stereocenters. The average Bonchev–Trinajstić information content (AvgIpc) is 2.52. The highest BCUT2D eigenvalue weighted by molar-refractivity contribution is 8.03. The summed E-state index contributed by atoms with van der Waals surface area (Å²) in [6.07, 6.45) is 0. The molecule has 0 aromatic heterocycles. The largest absolute Gasteiger partial charge is 0.461 e. The van der Waals surface area contributed by atoms with Crippen molar-refractivity contribution in [1.82, 2.24) is 0 Å². The Morgan fingerprint density at radius 1 is 1.19 bits per heavy atom. The molecule has 106 valence electrons. The summed E-state index contributed by atoms with van der Waals surface area (Å²) in [5.74, 6) is -0.366. The number of thiocyanates is 1. The molecule has 21 heavy (non-hydrogen) atoms. The highest BCUT2D eigenvalue weighted by Gasteiger charge is 2.15.